The van der Waals surface area contributed by atoms with Gasteiger partial charge in [-0.15, -0.1) is 0 Å². The van der Waals surface area contributed by atoms with Crippen LogP contribution in [0.4, 0.5) is 38.0 Å². The minimum absolute atomic E-state index is 0.0689. The van der Waals surface area contributed by atoms with E-state index >= 15 is 0 Å². The van der Waals surface area contributed by atoms with Gasteiger partial charge < -0.3 is 19.9 Å². The Bertz CT molecular complexity index is 1100. The quantitative estimate of drug-likeness (QED) is 0.560. The van der Waals surface area contributed by atoms with Crippen molar-refractivity contribution < 1.29 is 35.9 Å². The number of carbonyl (C=O) groups excluding carboxylic acids is 1. The van der Waals surface area contributed by atoms with Crippen molar-refractivity contribution in [1.29, 1.82) is 0 Å². The van der Waals surface area contributed by atoms with Gasteiger partial charge in [0.25, 0.3) is 12.3 Å². The third-order valence-electron chi connectivity index (χ3n) is 6.20. The van der Waals surface area contributed by atoms with E-state index in [0.29, 0.717) is 37.3 Å². The first-order chi connectivity index (χ1) is 17.1. The zero-order valence-electron chi connectivity index (χ0n) is 19.4. The number of nitrogens with one attached hydrogen (secondary N) is 1. The number of hydrogen-bond donors (Lipinski definition) is 1. The lowest BCUT2D eigenvalue weighted by Crippen LogP contribution is -2.46. The Morgan fingerprint density at radius 3 is 2.50 bits per heavy atom. The van der Waals surface area contributed by atoms with Crippen LogP contribution in [0.1, 0.15) is 31.2 Å². The largest absolute Gasteiger partial charge is 0.487 e. The Hall–Kier alpha value is -3.25. The van der Waals surface area contributed by atoms with Crippen molar-refractivity contribution >= 4 is 17.5 Å². The van der Waals surface area contributed by atoms with E-state index in [1.54, 1.807) is 11.8 Å². The molecule has 0 aliphatic carbocycles. The van der Waals surface area contributed by atoms with E-state index in [1.165, 1.54) is 6.07 Å². The predicted molar refractivity (Wildman–Crippen MR) is 118 cm³/mol. The topological polar surface area (TPSA) is 70.6 Å². The molecule has 0 radical (unpaired) electrons. The number of benzene rings is 1. The summed E-state index contributed by atoms with van der Waals surface area (Å²) in [6.45, 7) is 1.51. The Balaban J connectivity index is 1.53. The lowest BCUT2D eigenvalue weighted by molar-refractivity contribution is -0.146. The van der Waals surface area contributed by atoms with Crippen LogP contribution in [0.3, 0.4) is 0 Å². The molecule has 3 heterocycles. The summed E-state index contributed by atoms with van der Waals surface area (Å²) in [5.74, 6) is -2.50. The van der Waals surface area contributed by atoms with E-state index in [9.17, 15) is 31.1 Å². The van der Waals surface area contributed by atoms with Gasteiger partial charge in [0.15, 0.2) is 23.2 Å². The molecule has 36 heavy (non-hydrogen) atoms. The Morgan fingerprint density at radius 2 is 1.86 bits per heavy atom. The fraction of sp³-hybridized carbons (Fsp3) is 0.522. The Labute approximate surface area is 203 Å². The van der Waals surface area contributed by atoms with Crippen molar-refractivity contribution in [2.75, 3.05) is 29.9 Å². The number of hydrogen-bond acceptors (Lipinski definition) is 6. The van der Waals surface area contributed by atoms with E-state index in [-0.39, 0.29) is 36.5 Å². The van der Waals surface area contributed by atoms with Crippen LogP contribution in [0.15, 0.2) is 18.2 Å². The van der Waals surface area contributed by atoms with Gasteiger partial charge in [0, 0.05) is 44.5 Å². The predicted octanol–water partition coefficient (Wildman–Crippen LogP) is 4.02. The van der Waals surface area contributed by atoms with Gasteiger partial charge in [0.2, 0.25) is 0 Å². The molecule has 0 saturated carbocycles. The van der Waals surface area contributed by atoms with Crippen LogP contribution < -0.4 is 15.0 Å². The number of anilines is 2. The number of carbonyl (C=O) groups is 1. The lowest BCUT2D eigenvalue weighted by atomic mass is 10.0. The van der Waals surface area contributed by atoms with Crippen molar-refractivity contribution in [3.63, 3.8) is 0 Å². The highest BCUT2D eigenvalue weighted by atomic mass is 19.3. The Kier molecular flexibility index (Phi) is 7.74. The molecule has 2 aliphatic rings. The minimum atomic E-state index is -3.15. The summed E-state index contributed by atoms with van der Waals surface area (Å²) in [5, 5.41) is 2.61. The summed E-state index contributed by atoms with van der Waals surface area (Å²) in [7, 11) is 0. The van der Waals surface area contributed by atoms with Crippen LogP contribution in [-0.2, 0) is 17.8 Å². The SMILES string of the molecule is CC1Cc2nc(NCC(F)F)c(N3CCC(Oc4ccc(F)cc4F)CC3)nc2CN1C(=O)C(F)F. The van der Waals surface area contributed by atoms with Crippen molar-refractivity contribution in [3.8, 4) is 5.75 Å². The standard InChI is InChI=1S/C23H25F6N5O2/c1-12-8-16-17(11-34(12)23(35)20(28)29)32-22(21(31-16)30-10-19(26)27)33-6-4-14(5-7-33)36-18-3-2-13(24)9-15(18)25/h2-3,9,12,14,19-20H,4-8,10-11H2,1H3,(H,30,31). The molecule has 4 rings (SSSR count). The van der Waals surface area contributed by atoms with Crippen LogP contribution in [0.2, 0.25) is 0 Å². The first-order valence-corrected chi connectivity index (χ1v) is 11.5. The monoisotopic (exact) mass is 517 g/mol. The zero-order valence-corrected chi connectivity index (χ0v) is 19.4. The summed E-state index contributed by atoms with van der Waals surface area (Å²) >= 11 is 0. The molecule has 1 atom stereocenters. The highest BCUT2D eigenvalue weighted by molar-refractivity contribution is 5.80. The molecule has 13 heteroatoms. The molecular weight excluding hydrogens is 492 g/mol. The fourth-order valence-corrected chi connectivity index (χ4v) is 4.36. The molecule has 1 saturated heterocycles. The number of piperidine rings is 1. The van der Waals surface area contributed by atoms with Crippen LogP contribution in [-0.4, -0.2) is 65.4 Å². The second kappa shape index (κ2) is 10.8. The molecule has 0 spiro atoms. The number of amides is 1. The maximum atomic E-state index is 13.9. The highest BCUT2D eigenvalue weighted by Crippen LogP contribution is 2.32. The van der Waals surface area contributed by atoms with Gasteiger partial charge in [0.1, 0.15) is 11.9 Å². The van der Waals surface area contributed by atoms with E-state index in [2.05, 4.69) is 15.3 Å². The van der Waals surface area contributed by atoms with E-state index in [1.807, 2.05) is 0 Å². The molecule has 7 nitrogen and oxygen atoms in total. The van der Waals surface area contributed by atoms with E-state index in [4.69, 9.17) is 4.74 Å². The van der Waals surface area contributed by atoms with Gasteiger partial charge in [-0.1, -0.05) is 0 Å². The van der Waals surface area contributed by atoms with E-state index in [0.717, 1.165) is 17.0 Å². The molecule has 1 aromatic heterocycles. The second-order valence-electron chi connectivity index (χ2n) is 8.76. The number of aromatic nitrogens is 2. The molecule has 1 aromatic carbocycles. The smallest absolute Gasteiger partial charge is 0.315 e. The number of rotatable bonds is 7. The molecule has 196 valence electrons. The highest BCUT2D eigenvalue weighted by Gasteiger charge is 2.34. The molecule has 2 aromatic rings. The van der Waals surface area contributed by atoms with Gasteiger partial charge >= 0.3 is 6.43 Å². The molecule has 1 amide bonds. The number of alkyl halides is 4. The van der Waals surface area contributed by atoms with Crippen LogP contribution in [0, 0.1) is 11.6 Å². The van der Waals surface area contributed by atoms with Crippen LogP contribution in [0.5, 0.6) is 5.75 Å². The van der Waals surface area contributed by atoms with Gasteiger partial charge in [-0.2, -0.15) is 8.78 Å². The molecule has 1 unspecified atom stereocenters. The number of halogens is 6. The van der Waals surface area contributed by atoms with Crippen molar-refractivity contribution in [1.82, 2.24) is 14.9 Å². The summed E-state index contributed by atoms with van der Waals surface area (Å²) in [4.78, 5) is 23.8. The summed E-state index contributed by atoms with van der Waals surface area (Å²) in [5.41, 5.74) is 0.776. The van der Waals surface area contributed by atoms with Gasteiger partial charge in [0.05, 0.1) is 24.5 Å². The number of ether oxygens (including phenoxy) is 1. The van der Waals surface area contributed by atoms with Crippen LogP contribution >= 0.6 is 0 Å². The molecular formula is C23H25F6N5O2. The first-order valence-electron chi connectivity index (χ1n) is 11.5. The van der Waals surface area contributed by atoms with Gasteiger partial charge in [-0.25, -0.2) is 27.5 Å². The Morgan fingerprint density at radius 1 is 1.14 bits per heavy atom. The lowest BCUT2D eigenvalue weighted by Gasteiger charge is -2.36. The number of fused-ring (bicyclic) bond motifs is 1. The average molecular weight is 517 g/mol. The molecule has 0 bridgehead atoms. The average Bonchev–Trinajstić information content (AvgIpc) is 2.83. The zero-order chi connectivity index (χ0) is 26.0. The molecule has 2 aliphatic heterocycles. The van der Waals surface area contributed by atoms with Crippen molar-refractivity contribution in [2.45, 2.75) is 57.7 Å². The summed E-state index contributed by atoms with van der Waals surface area (Å²) < 4.78 is 84.7. The summed E-state index contributed by atoms with van der Waals surface area (Å²) in [6.07, 6.45) is -5.15. The maximum Gasteiger partial charge on any atom is 0.315 e. The van der Waals surface area contributed by atoms with Gasteiger partial charge in [-0.3, -0.25) is 4.79 Å². The fourth-order valence-electron chi connectivity index (χ4n) is 4.36. The molecule has 1 fully saturated rings. The maximum absolute atomic E-state index is 13.9. The third-order valence-corrected chi connectivity index (χ3v) is 6.20. The van der Waals surface area contributed by atoms with Gasteiger partial charge in [-0.05, 0) is 19.1 Å². The second-order valence-corrected chi connectivity index (χ2v) is 8.76. The number of nitrogens with zero attached hydrogens (tertiary/aromatic N) is 4. The van der Waals surface area contributed by atoms with Crippen molar-refractivity contribution in [2.24, 2.45) is 0 Å². The minimum Gasteiger partial charge on any atom is -0.487 e. The summed E-state index contributed by atoms with van der Waals surface area (Å²) in [6, 6.07) is 2.49. The van der Waals surface area contributed by atoms with E-state index < -0.39 is 43.0 Å². The first kappa shape index (κ1) is 25.8. The third kappa shape index (κ3) is 5.76. The van der Waals surface area contributed by atoms with Crippen molar-refractivity contribution in [3.05, 3.63) is 41.2 Å². The molecule has 1 N–H and O–H groups in total. The normalized spacial score (nSPS) is 18.5. The van der Waals surface area contributed by atoms with Crippen LogP contribution in [0.25, 0.3) is 0 Å².